The van der Waals surface area contributed by atoms with E-state index in [1.165, 1.54) is 24.9 Å². The summed E-state index contributed by atoms with van der Waals surface area (Å²) in [5.74, 6) is -1.61. The van der Waals surface area contributed by atoms with Crippen LogP contribution in [0.1, 0.15) is 52.3 Å². The summed E-state index contributed by atoms with van der Waals surface area (Å²) in [5, 5.41) is 6.86. The molecule has 1 saturated carbocycles. The van der Waals surface area contributed by atoms with E-state index in [0.29, 0.717) is 11.2 Å². The number of carbonyl (C=O) groups is 3. The van der Waals surface area contributed by atoms with E-state index >= 15 is 0 Å². The van der Waals surface area contributed by atoms with E-state index in [2.05, 4.69) is 15.2 Å². The third-order valence-corrected chi connectivity index (χ3v) is 9.34. The molecule has 0 bridgehead atoms. The van der Waals surface area contributed by atoms with Gasteiger partial charge in [-0.2, -0.15) is 10.2 Å². The van der Waals surface area contributed by atoms with E-state index in [-0.39, 0.29) is 24.4 Å². The van der Waals surface area contributed by atoms with Gasteiger partial charge < -0.3 is 29.2 Å². The van der Waals surface area contributed by atoms with Crippen molar-refractivity contribution < 1.29 is 46.9 Å². The van der Waals surface area contributed by atoms with Crippen molar-refractivity contribution in [2.45, 2.75) is 76.1 Å². The number of nitrogens with one attached hydrogen (secondary N) is 1. The van der Waals surface area contributed by atoms with Gasteiger partial charge in [0.15, 0.2) is 11.9 Å². The fourth-order valence-electron chi connectivity index (χ4n) is 5.42. The number of anilines is 1. The molecule has 0 radical (unpaired) electrons. The number of carbonyl (C=O) groups excluding carboxylic acids is 3. The average Bonchev–Trinajstić information content (AvgIpc) is 3.28. The van der Waals surface area contributed by atoms with Gasteiger partial charge in [-0.3, -0.25) is 18.9 Å². The van der Waals surface area contributed by atoms with Crippen molar-refractivity contribution in [3.63, 3.8) is 0 Å². The van der Waals surface area contributed by atoms with E-state index in [1.807, 2.05) is 0 Å². The van der Waals surface area contributed by atoms with Crippen molar-refractivity contribution in [3.05, 3.63) is 54.5 Å². The van der Waals surface area contributed by atoms with Crippen molar-refractivity contribution in [2.24, 2.45) is 0 Å². The molecule has 44 heavy (non-hydrogen) atoms. The van der Waals surface area contributed by atoms with Crippen molar-refractivity contribution in [1.82, 2.24) is 19.7 Å². The third kappa shape index (κ3) is 5.30. The molecule has 1 aliphatic carbocycles. The van der Waals surface area contributed by atoms with Gasteiger partial charge in [0.25, 0.3) is 0 Å². The first-order valence-electron chi connectivity index (χ1n) is 14.0. The second-order valence-electron chi connectivity index (χ2n) is 10.5. The van der Waals surface area contributed by atoms with Gasteiger partial charge in [-0.1, -0.05) is 32.0 Å². The lowest BCUT2D eigenvalue weighted by atomic mass is 10.0. The zero-order chi connectivity index (χ0) is 31.9. The first-order valence-corrected chi connectivity index (χ1v) is 15.5. The van der Waals surface area contributed by atoms with Gasteiger partial charge in [0.05, 0.1) is 12.8 Å². The second kappa shape index (κ2) is 11.8. The Morgan fingerprint density at radius 2 is 1.84 bits per heavy atom. The minimum absolute atomic E-state index is 0.00109. The number of aromatic nitrogens is 3. The van der Waals surface area contributed by atoms with Crippen LogP contribution in [0.25, 0.3) is 5.52 Å². The molecule has 2 aliphatic rings. The van der Waals surface area contributed by atoms with Crippen molar-refractivity contribution >= 4 is 37.0 Å². The van der Waals surface area contributed by atoms with Crippen LogP contribution >= 0.6 is 7.75 Å². The maximum absolute atomic E-state index is 14.3. The molecule has 1 unspecified atom stereocenters. The minimum atomic E-state index is -4.45. The highest BCUT2D eigenvalue weighted by atomic mass is 31.2. The predicted molar refractivity (Wildman–Crippen MR) is 153 cm³/mol. The number of nitrogens with two attached hydrogens (primary N) is 1. The lowest BCUT2D eigenvalue weighted by molar-refractivity contribution is -0.177. The van der Waals surface area contributed by atoms with Gasteiger partial charge >= 0.3 is 25.7 Å². The summed E-state index contributed by atoms with van der Waals surface area (Å²) in [5.41, 5.74) is 3.66. The lowest BCUT2D eigenvalue weighted by Gasteiger charge is -2.30. The van der Waals surface area contributed by atoms with E-state index < -0.39 is 61.2 Å². The normalized spacial score (nSPS) is 27.5. The van der Waals surface area contributed by atoms with Gasteiger partial charge in [0.1, 0.15) is 41.4 Å². The number of ether oxygens (including phenoxy) is 4. The Labute approximate surface area is 252 Å². The molecule has 1 saturated heterocycles. The Bertz CT molecular complexity index is 1620. The summed E-state index contributed by atoms with van der Waals surface area (Å²) >= 11 is 0. The molecule has 1 aromatic carbocycles. The van der Waals surface area contributed by atoms with Crippen molar-refractivity contribution in [1.29, 1.82) is 0 Å². The average molecular weight is 632 g/mol. The monoisotopic (exact) mass is 631 g/mol. The quantitative estimate of drug-likeness (QED) is 0.168. The Kier molecular flexibility index (Phi) is 8.42. The van der Waals surface area contributed by atoms with Crippen LogP contribution in [-0.4, -0.2) is 69.1 Å². The number of methoxy groups -OCH3 is 1. The van der Waals surface area contributed by atoms with Crippen LogP contribution in [-0.2, 0) is 42.4 Å². The molecular weight excluding hydrogens is 597 g/mol. The Morgan fingerprint density at radius 3 is 2.50 bits per heavy atom. The fraction of sp³-hybridized carbons (Fsp3) is 0.464. The molecular formula is C28H34N5O10P. The number of nitrogen functional groups attached to an aromatic ring is 1. The van der Waals surface area contributed by atoms with Gasteiger partial charge in [0, 0.05) is 12.8 Å². The Morgan fingerprint density at radius 1 is 1.14 bits per heavy atom. The highest BCUT2D eigenvalue weighted by molar-refractivity contribution is 7.52. The fourth-order valence-corrected chi connectivity index (χ4v) is 7.19. The number of benzene rings is 1. The topological polar surface area (TPSA) is 192 Å². The van der Waals surface area contributed by atoms with Crippen LogP contribution in [0.5, 0.6) is 5.75 Å². The summed E-state index contributed by atoms with van der Waals surface area (Å²) < 4.78 is 50.9. The largest absolute Gasteiger partial charge is 0.468 e. The Hall–Kier alpha value is -4.04. The van der Waals surface area contributed by atoms with Gasteiger partial charge in [-0.25, -0.2) is 14.1 Å². The number of nitrogens with zero attached hydrogens (tertiary/aromatic N) is 3. The molecule has 0 amide bonds. The van der Waals surface area contributed by atoms with Crippen LogP contribution < -0.4 is 15.3 Å². The van der Waals surface area contributed by atoms with Gasteiger partial charge in [-0.05, 0) is 38.1 Å². The molecule has 3 N–H and O–H groups in total. The SMILES string of the molecule is CCC(=O)O[C@H]1[C@H](c2ccc3c(N)ncnn23)O[C@]2(C)C(O[P@@](=O)(N[C@@H](C)C(=O)OC)Oc3ccccc3)[C@]12OC(=O)CC. The lowest BCUT2D eigenvalue weighted by Crippen LogP contribution is -2.43. The van der Waals surface area contributed by atoms with Crippen LogP contribution in [0.15, 0.2) is 48.8 Å². The highest BCUT2D eigenvalue weighted by Crippen LogP contribution is 2.70. The zero-order valence-electron chi connectivity index (χ0n) is 24.8. The molecule has 3 heterocycles. The standard InChI is InChI=1S/C28H34N5O10P/c1-6-20(34)39-23-22(18-13-14-19-24(29)30-15-31-33(18)19)41-27(4)26(28(23,27)40-21(35)7-2)43-44(37,32-16(3)25(36)38-5)42-17-11-9-8-10-12-17/h8-16,22-23,26H,6-7H2,1-5H3,(H,32,37)(H2,29,30,31)/t16-,22-,23-,26?,27+,28+,44+/m0/s1. The van der Waals surface area contributed by atoms with Gasteiger partial charge in [0.2, 0.25) is 5.60 Å². The summed E-state index contributed by atoms with van der Waals surface area (Å²) in [6, 6.07) is 10.4. The molecule has 236 valence electrons. The second-order valence-corrected chi connectivity index (χ2v) is 12.1. The summed E-state index contributed by atoms with van der Waals surface area (Å²) in [6.07, 6.45) is -2.35. The maximum Gasteiger partial charge on any atom is 0.459 e. The molecule has 5 rings (SSSR count). The molecule has 16 heteroatoms. The summed E-state index contributed by atoms with van der Waals surface area (Å²) in [7, 11) is -3.27. The first kappa shape index (κ1) is 31.4. The number of para-hydroxylation sites is 1. The number of fused-ring (bicyclic) bond motifs is 2. The van der Waals surface area contributed by atoms with Crippen LogP contribution in [0.3, 0.4) is 0 Å². The van der Waals surface area contributed by atoms with E-state index in [1.54, 1.807) is 63.2 Å². The van der Waals surface area contributed by atoms with E-state index in [9.17, 15) is 18.9 Å². The van der Waals surface area contributed by atoms with E-state index in [0.717, 1.165) is 0 Å². The predicted octanol–water partition coefficient (Wildman–Crippen LogP) is 2.89. The smallest absolute Gasteiger partial charge is 0.459 e. The molecule has 2 aromatic heterocycles. The van der Waals surface area contributed by atoms with Crippen LogP contribution in [0.4, 0.5) is 5.82 Å². The maximum atomic E-state index is 14.3. The van der Waals surface area contributed by atoms with E-state index in [4.69, 9.17) is 33.7 Å². The van der Waals surface area contributed by atoms with Crippen LogP contribution in [0.2, 0.25) is 0 Å². The Balaban J connectivity index is 1.58. The molecule has 1 aliphatic heterocycles. The molecule has 7 atom stereocenters. The highest BCUT2D eigenvalue weighted by Gasteiger charge is 2.91. The molecule has 15 nitrogen and oxygen atoms in total. The van der Waals surface area contributed by atoms with Crippen molar-refractivity contribution in [3.8, 4) is 5.75 Å². The molecule has 2 fully saturated rings. The van der Waals surface area contributed by atoms with Crippen molar-refractivity contribution in [2.75, 3.05) is 12.8 Å². The summed E-state index contributed by atoms with van der Waals surface area (Å²) in [4.78, 5) is 42.0. The first-order chi connectivity index (χ1) is 20.9. The number of esters is 3. The minimum Gasteiger partial charge on any atom is -0.468 e. The molecule has 0 spiro atoms. The number of rotatable bonds is 12. The number of hydrogen-bond donors (Lipinski definition) is 2. The summed E-state index contributed by atoms with van der Waals surface area (Å²) in [6.45, 7) is 6.21. The third-order valence-electron chi connectivity index (χ3n) is 7.69. The zero-order valence-corrected chi connectivity index (χ0v) is 25.7. The van der Waals surface area contributed by atoms with Crippen LogP contribution in [0, 0.1) is 0 Å². The molecule has 3 aromatic rings. The number of hydrogen-bond acceptors (Lipinski definition) is 13. The van der Waals surface area contributed by atoms with Gasteiger partial charge in [-0.15, -0.1) is 0 Å².